The van der Waals surface area contributed by atoms with Crippen molar-refractivity contribution in [2.75, 3.05) is 13.2 Å². The number of hydrogen-bond donors (Lipinski definition) is 2. The second-order valence-electron chi connectivity index (χ2n) is 0.447. The van der Waals surface area contributed by atoms with Crippen LogP contribution in [0.25, 0.3) is 0 Å². The Hall–Kier alpha value is 0.924. The fraction of sp³-hybridized carbons (Fsp3) is 1.00. The van der Waals surface area contributed by atoms with Gasteiger partial charge in [0.2, 0.25) is 0 Å². The van der Waals surface area contributed by atoms with Crippen LogP contribution in [0.2, 0.25) is 0 Å². The molecule has 0 spiro atoms. The van der Waals surface area contributed by atoms with Crippen molar-refractivity contribution in [1.29, 1.82) is 0 Å². The Morgan fingerprint density at radius 2 is 1.33 bits per heavy atom. The molecule has 4 heteroatoms. The second-order valence-corrected chi connectivity index (χ2v) is 0.447. The van der Waals surface area contributed by atoms with Gasteiger partial charge in [0.25, 0.3) is 0 Å². The third-order valence-electron chi connectivity index (χ3n) is 0.1000. The molecule has 0 heterocycles. The molecule has 37 valence electrons. The van der Waals surface area contributed by atoms with E-state index >= 15 is 0 Å². The molecule has 0 saturated heterocycles. The van der Waals surface area contributed by atoms with E-state index in [9.17, 15) is 0 Å². The van der Waals surface area contributed by atoms with Gasteiger partial charge in [0.1, 0.15) is 0 Å². The second kappa shape index (κ2) is 16.8. The van der Waals surface area contributed by atoms with Crippen molar-refractivity contribution in [1.82, 2.24) is 0 Å². The van der Waals surface area contributed by atoms with E-state index in [4.69, 9.17) is 10.2 Å². The van der Waals surface area contributed by atoms with Crippen LogP contribution in [-0.4, -0.2) is 23.4 Å². The Kier molecular flexibility index (Phi) is 28.1. The molecule has 0 aliphatic rings. The van der Waals surface area contributed by atoms with Crippen molar-refractivity contribution in [2.45, 2.75) is 0 Å². The first-order chi connectivity index (χ1) is 2.91. The molecule has 0 amide bonds. The molecule has 0 rings (SSSR count). The van der Waals surface area contributed by atoms with Gasteiger partial charge in [-0.15, -0.1) is 0 Å². The Bertz CT molecular complexity index is 13.5. The molecular formula is C2H6ClO2Ti. The van der Waals surface area contributed by atoms with Gasteiger partial charge in [-0.1, -0.05) is 0 Å². The molecule has 2 N–H and O–H groups in total. The average molecular weight is 145 g/mol. The zero-order chi connectivity index (χ0) is 5.41. The van der Waals surface area contributed by atoms with Crippen molar-refractivity contribution >= 4 is 9.30 Å². The van der Waals surface area contributed by atoms with Gasteiger partial charge in [0, 0.05) is 0 Å². The first kappa shape index (κ1) is 10.0. The Morgan fingerprint density at radius 1 is 1.17 bits per heavy atom. The quantitative estimate of drug-likeness (QED) is 0.496. The first-order valence-electron chi connectivity index (χ1n) is 1.32. The van der Waals surface area contributed by atoms with Gasteiger partial charge in [-0.05, 0) is 0 Å². The van der Waals surface area contributed by atoms with Crippen molar-refractivity contribution in [2.24, 2.45) is 0 Å². The molecule has 0 saturated carbocycles. The predicted octanol–water partition coefficient (Wildman–Crippen LogP) is -0.342. The molecule has 0 aromatic rings. The van der Waals surface area contributed by atoms with Crippen molar-refractivity contribution < 1.29 is 29.6 Å². The molecule has 0 aromatic carbocycles. The van der Waals surface area contributed by atoms with Crippen LogP contribution in [0.15, 0.2) is 0 Å². The Morgan fingerprint density at radius 3 is 1.33 bits per heavy atom. The minimum atomic E-state index is -0.125. The average Bonchev–Trinajstić information content (AvgIpc) is 1.72. The summed E-state index contributed by atoms with van der Waals surface area (Å²) in [5.74, 6) is 0. The standard InChI is InChI=1S/C2H6O2.ClH.Ti/c3-1-2-4;;/h3-4H,1-2H2;1H;/q;;+1/p-1. The predicted molar refractivity (Wildman–Crippen MR) is 20.0 cm³/mol. The molecule has 0 atom stereocenters. The van der Waals surface area contributed by atoms with Gasteiger partial charge < -0.3 is 10.2 Å². The van der Waals surface area contributed by atoms with E-state index in [1.165, 1.54) is 19.4 Å². The van der Waals surface area contributed by atoms with Crippen LogP contribution in [-0.2, 0) is 19.4 Å². The number of aliphatic hydroxyl groups is 2. The maximum atomic E-state index is 7.62. The SMILES string of the molecule is OCCO.[Cl][Ti]. The van der Waals surface area contributed by atoms with E-state index in [-0.39, 0.29) is 13.2 Å². The van der Waals surface area contributed by atoms with Gasteiger partial charge in [-0.3, -0.25) is 0 Å². The summed E-state index contributed by atoms with van der Waals surface area (Å²) in [4.78, 5) is 0. The third-order valence-corrected chi connectivity index (χ3v) is 0.1000. The molecular weight excluding hydrogens is 139 g/mol. The molecule has 0 aliphatic heterocycles. The molecule has 0 fully saturated rings. The van der Waals surface area contributed by atoms with Gasteiger partial charge in [0.15, 0.2) is 0 Å². The van der Waals surface area contributed by atoms with Gasteiger partial charge in [0.05, 0.1) is 13.2 Å². The summed E-state index contributed by atoms with van der Waals surface area (Å²) in [6.45, 7) is -0.250. The number of halogens is 1. The van der Waals surface area contributed by atoms with Gasteiger partial charge in [-0.2, -0.15) is 0 Å². The van der Waals surface area contributed by atoms with Crippen LogP contribution >= 0.6 is 9.30 Å². The molecule has 0 radical (unpaired) electrons. The normalized spacial score (nSPS) is 5.67. The van der Waals surface area contributed by atoms with Gasteiger partial charge >= 0.3 is 28.7 Å². The van der Waals surface area contributed by atoms with E-state index in [1.807, 2.05) is 0 Å². The van der Waals surface area contributed by atoms with Crippen LogP contribution in [0, 0.1) is 0 Å². The zero-order valence-corrected chi connectivity index (χ0v) is 5.50. The summed E-state index contributed by atoms with van der Waals surface area (Å²) in [5, 5.41) is 15.2. The molecule has 0 bridgehead atoms. The molecule has 0 unspecified atom stereocenters. The third kappa shape index (κ3) is 20.5. The molecule has 2 nitrogen and oxygen atoms in total. The Labute approximate surface area is 52.4 Å². The monoisotopic (exact) mass is 145 g/mol. The summed E-state index contributed by atoms with van der Waals surface area (Å²) in [6, 6.07) is 0. The Balaban J connectivity index is 0. The summed E-state index contributed by atoms with van der Waals surface area (Å²) in [7, 11) is 4.64. The van der Waals surface area contributed by atoms with E-state index in [2.05, 4.69) is 9.30 Å². The van der Waals surface area contributed by atoms with Gasteiger partial charge in [-0.25, -0.2) is 0 Å². The van der Waals surface area contributed by atoms with Crippen molar-refractivity contribution in [3.8, 4) is 0 Å². The number of rotatable bonds is 1. The summed E-state index contributed by atoms with van der Waals surface area (Å²) < 4.78 is 0. The van der Waals surface area contributed by atoms with Crippen LogP contribution in [0.5, 0.6) is 0 Å². The van der Waals surface area contributed by atoms with E-state index in [0.717, 1.165) is 0 Å². The summed E-state index contributed by atoms with van der Waals surface area (Å²) >= 11 is 1.47. The fourth-order valence-corrected chi connectivity index (χ4v) is 0. The molecule has 0 aromatic heterocycles. The summed E-state index contributed by atoms with van der Waals surface area (Å²) in [6.07, 6.45) is 0. The van der Waals surface area contributed by atoms with Crippen molar-refractivity contribution in [3.05, 3.63) is 0 Å². The number of aliphatic hydroxyl groups excluding tert-OH is 2. The fourth-order valence-electron chi connectivity index (χ4n) is 0. The molecule has 6 heavy (non-hydrogen) atoms. The first-order valence-corrected chi connectivity index (χ1v) is 3.47. The van der Waals surface area contributed by atoms with Crippen LogP contribution in [0.1, 0.15) is 0 Å². The number of hydrogen-bond acceptors (Lipinski definition) is 2. The maximum absolute atomic E-state index is 7.62. The van der Waals surface area contributed by atoms with E-state index < -0.39 is 0 Å². The topological polar surface area (TPSA) is 40.5 Å². The van der Waals surface area contributed by atoms with E-state index in [1.54, 1.807) is 0 Å². The van der Waals surface area contributed by atoms with Crippen LogP contribution in [0.3, 0.4) is 0 Å². The zero-order valence-electron chi connectivity index (χ0n) is 3.19. The minimum absolute atomic E-state index is 0.125. The summed E-state index contributed by atoms with van der Waals surface area (Å²) in [5.41, 5.74) is 0. The van der Waals surface area contributed by atoms with Crippen LogP contribution in [0.4, 0.5) is 0 Å². The van der Waals surface area contributed by atoms with E-state index in [0.29, 0.717) is 0 Å². The van der Waals surface area contributed by atoms with Crippen LogP contribution < -0.4 is 0 Å². The van der Waals surface area contributed by atoms with Crippen molar-refractivity contribution in [3.63, 3.8) is 0 Å². The molecule has 0 aliphatic carbocycles.